The molecule has 0 saturated carbocycles. The van der Waals surface area contributed by atoms with Gasteiger partial charge in [0.05, 0.1) is 52.7 Å². The molecular formula is C33H27BrClN3O6S. The Kier molecular flexibility index (Phi) is 9.77. The molecule has 0 aliphatic carbocycles. The molecule has 1 atom stereocenters. The van der Waals surface area contributed by atoms with Gasteiger partial charge in [-0.2, -0.15) is 5.26 Å². The summed E-state index contributed by atoms with van der Waals surface area (Å²) in [5.41, 5.74) is 2.97. The van der Waals surface area contributed by atoms with E-state index in [9.17, 15) is 9.59 Å². The third kappa shape index (κ3) is 6.54. The molecule has 0 fully saturated rings. The quantitative estimate of drug-likeness (QED) is 0.206. The third-order valence-electron chi connectivity index (χ3n) is 7.02. The number of hydrogen-bond donors (Lipinski definition) is 0. The molecule has 45 heavy (non-hydrogen) atoms. The van der Waals surface area contributed by atoms with Gasteiger partial charge in [-0.1, -0.05) is 35.1 Å². The summed E-state index contributed by atoms with van der Waals surface area (Å²) in [6.45, 7) is 3.84. The van der Waals surface area contributed by atoms with E-state index in [4.69, 9.17) is 35.8 Å². The number of nitriles is 1. The van der Waals surface area contributed by atoms with Crippen molar-refractivity contribution in [3.63, 3.8) is 0 Å². The standard InChI is InChI=1S/C33H27BrClN3O6S/c1-5-43-32(40)28-18(2)37-33-38(29(28)23-15-22(35)10-11-25(23)41-3)31(39)27(45-33)14-21-12-24(34)30(26(13-21)42-4)44-17-20-8-6-19(16-36)7-9-20/h6-15,29H,5,17H2,1-4H3/b27-14-/t29-/m1/s1. The van der Waals surface area contributed by atoms with Crippen molar-refractivity contribution in [2.45, 2.75) is 26.5 Å². The van der Waals surface area contributed by atoms with Gasteiger partial charge in [-0.3, -0.25) is 9.36 Å². The van der Waals surface area contributed by atoms with E-state index in [2.05, 4.69) is 27.0 Å². The van der Waals surface area contributed by atoms with Gasteiger partial charge in [0.2, 0.25) is 0 Å². The van der Waals surface area contributed by atoms with Crippen LogP contribution in [0.5, 0.6) is 17.2 Å². The minimum atomic E-state index is -0.879. The Morgan fingerprint density at radius 2 is 1.87 bits per heavy atom. The molecule has 1 aliphatic rings. The van der Waals surface area contributed by atoms with Crippen LogP contribution in [0.1, 0.15) is 42.1 Å². The highest BCUT2D eigenvalue weighted by Gasteiger charge is 2.35. The minimum Gasteiger partial charge on any atom is -0.496 e. The maximum atomic E-state index is 14.1. The summed E-state index contributed by atoms with van der Waals surface area (Å²) in [6, 6.07) is 17.0. The molecule has 0 unspecified atom stereocenters. The van der Waals surface area contributed by atoms with Crippen molar-refractivity contribution < 1.29 is 23.7 Å². The van der Waals surface area contributed by atoms with Crippen LogP contribution >= 0.6 is 38.9 Å². The molecule has 0 bridgehead atoms. The second-order valence-electron chi connectivity index (χ2n) is 9.82. The molecule has 0 spiro atoms. The summed E-state index contributed by atoms with van der Waals surface area (Å²) in [4.78, 5) is 32.4. The summed E-state index contributed by atoms with van der Waals surface area (Å²) >= 11 is 11.2. The number of benzene rings is 3. The van der Waals surface area contributed by atoms with Gasteiger partial charge < -0.3 is 18.9 Å². The van der Waals surface area contributed by atoms with Crippen molar-refractivity contribution in [1.29, 1.82) is 5.26 Å². The van der Waals surface area contributed by atoms with Gasteiger partial charge in [-0.05, 0) is 89.4 Å². The van der Waals surface area contributed by atoms with Gasteiger partial charge in [0.15, 0.2) is 16.3 Å². The molecule has 12 heteroatoms. The highest BCUT2D eigenvalue weighted by Crippen LogP contribution is 2.39. The van der Waals surface area contributed by atoms with Crippen LogP contribution in [-0.2, 0) is 16.1 Å². The number of carbonyl (C=O) groups excluding carboxylic acids is 1. The lowest BCUT2D eigenvalue weighted by molar-refractivity contribution is -0.139. The lowest BCUT2D eigenvalue weighted by Gasteiger charge is -2.26. The first-order valence-corrected chi connectivity index (χ1v) is 15.7. The first-order chi connectivity index (χ1) is 21.7. The Labute approximate surface area is 276 Å². The molecule has 4 aromatic rings. The zero-order valence-electron chi connectivity index (χ0n) is 24.7. The normalized spacial score (nSPS) is 14.3. The molecule has 0 amide bonds. The smallest absolute Gasteiger partial charge is 0.338 e. The van der Waals surface area contributed by atoms with E-state index in [-0.39, 0.29) is 24.3 Å². The third-order valence-corrected chi connectivity index (χ3v) is 8.83. The Morgan fingerprint density at radius 3 is 2.53 bits per heavy atom. The van der Waals surface area contributed by atoms with Crippen LogP contribution in [0, 0.1) is 11.3 Å². The lowest BCUT2D eigenvalue weighted by atomic mass is 9.95. The summed E-state index contributed by atoms with van der Waals surface area (Å²) < 4.78 is 25.2. The number of halogens is 2. The van der Waals surface area contributed by atoms with Gasteiger partial charge >= 0.3 is 5.97 Å². The molecule has 2 heterocycles. The highest BCUT2D eigenvalue weighted by atomic mass is 79.9. The zero-order chi connectivity index (χ0) is 32.2. The number of nitrogens with zero attached hydrogens (tertiary/aromatic N) is 3. The fourth-order valence-electron chi connectivity index (χ4n) is 4.95. The number of thiazole rings is 1. The topological polar surface area (TPSA) is 112 Å². The van der Waals surface area contributed by atoms with Crippen LogP contribution in [0.25, 0.3) is 6.08 Å². The average Bonchev–Trinajstić information content (AvgIpc) is 3.33. The maximum absolute atomic E-state index is 14.1. The number of ether oxygens (including phenoxy) is 4. The molecule has 3 aromatic carbocycles. The molecule has 1 aliphatic heterocycles. The molecule has 5 rings (SSSR count). The number of methoxy groups -OCH3 is 2. The summed E-state index contributed by atoms with van der Waals surface area (Å²) in [5, 5.41) is 9.46. The van der Waals surface area contributed by atoms with E-state index in [0.29, 0.717) is 58.5 Å². The van der Waals surface area contributed by atoms with E-state index in [1.165, 1.54) is 30.1 Å². The van der Waals surface area contributed by atoms with E-state index in [0.717, 1.165) is 5.56 Å². The van der Waals surface area contributed by atoms with Crippen molar-refractivity contribution in [1.82, 2.24) is 4.57 Å². The molecule has 1 aromatic heterocycles. The van der Waals surface area contributed by atoms with Crippen molar-refractivity contribution in [3.8, 4) is 23.3 Å². The van der Waals surface area contributed by atoms with E-state index < -0.39 is 12.0 Å². The van der Waals surface area contributed by atoms with Gasteiger partial charge in [0.25, 0.3) is 5.56 Å². The minimum absolute atomic E-state index is 0.156. The van der Waals surface area contributed by atoms with Gasteiger partial charge in [-0.15, -0.1) is 0 Å². The first kappa shape index (κ1) is 32.0. The van der Waals surface area contributed by atoms with Crippen molar-refractivity contribution in [2.24, 2.45) is 4.99 Å². The molecular weight excluding hydrogens is 682 g/mol. The Bertz CT molecular complexity index is 2050. The first-order valence-electron chi connectivity index (χ1n) is 13.7. The Morgan fingerprint density at radius 1 is 1.13 bits per heavy atom. The SMILES string of the molecule is CCOC(=O)C1=C(C)N=c2s/c(=C\c3cc(Br)c(OCc4ccc(C#N)cc4)c(OC)c3)c(=O)n2[C@@H]1c1cc(Cl)ccc1OC. The fraction of sp³-hybridized carbons (Fsp3) is 0.212. The fourth-order valence-corrected chi connectivity index (χ4v) is 6.75. The molecule has 0 N–H and O–H groups in total. The number of carbonyl (C=O) groups is 1. The monoisotopic (exact) mass is 707 g/mol. The molecule has 0 saturated heterocycles. The van der Waals surface area contributed by atoms with Crippen LogP contribution in [0.15, 0.2) is 80.1 Å². The van der Waals surface area contributed by atoms with E-state index >= 15 is 0 Å². The predicted octanol–water partition coefficient (Wildman–Crippen LogP) is 5.68. The predicted molar refractivity (Wildman–Crippen MR) is 175 cm³/mol. The van der Waals surface area contributed by atoms with E-state index in [1.807, 2.05) is 18.2 Å². The second kappa shape index (κ2) is 13.7. The second-order valence-corrected chi connectivity index (χ2v) is 12.1. The van der Waals surface area contributed by atoms with Crippen LogP contribution in [-0.4, -0.2) is 31.4 Å². The lowest BCUT2D eigenvalue weighted by Crippen LogP contribution is -2.40. The number of aromatic nitrogens is 1. The van der Waals surface area contributed by atoms with Crippen molar-refractivity contribution in [3.05, 3.63) is 117 Å². The number of fused-ring (bicyclic) bond motifs is 1. The van der Waals surface area contributed by atoms with Crippen LogP contribution < -0.4 is 29.1 Å². The van der Waals surface area contributed by atoms with Crippen molar-refractivity contribution in [2.75, 3.05) is 20.8 Å². The average molecular weight is 709 g/mol. The molecule has 230 valence electrons. The highest BCUT2D eigenvalue weighted by molar-refractivity contribution is 9.10. The van der Waals surface area contributed by atoms with Crippen molar-refractivity contribution >= 4 is 50.9 Å². The summed E-state index contributed by atoms with van der Waals surface area (Å²) in [5.74, 6) is 0.827. The number of esters is 1. The van der Waals surface area contributed by atoms with Gasteiger partial charge in [-0.25, -0.2) is 9.79 Å². The molecule has 9 nitrogen and oxygen atoms in total. The largest absolute Gasteiger partial charge is 0.496 e. The van der Waals surface area contributed by atoms with Gasteiger partial charge in [0, 0.05) is 10.6 Å². The number of hydrogen-bond acceptors (Lipinski definition) is 9. The Balaban J connectivity index is 1.59. The van der Waals surface area contributed by atoms with Crippen LogP contribution in [0.4, 0.5) is 0 Å². The summed E-state index contributed by atoms with van der Waals surface area (Å²) in [7, 11) is 3.05. The zero-order valence-corrected chi connectivity index (χ0v) is 27.9. The molecule has 0 radical (unpaired) electrons. The maximum Gasteiger partial charge on any atom is 0.338 e. The summed E-state index contributed by atoms with van der Waals surface area (Å²) in [6.07, 6.45) is 1.73. The van der Waals surface area contributed by atoms with E-state index in [1.54, 1.807) is 56.3 Å². The number of allylic oxidation sites excluding steroid dienone is 1. The van der Waals surface area contributed by atoms with Crippen LogP contribution in [0.3, 0.4) is 0 Å². The van der Waals surface area contributed by atoms with Gasteiger partial charge in [0.1, 0.15) is 18.4 Å². The Hall–Kier alpha value is -4.37. The van der Waals surface area contributed by atoms with Crippen LogP contribution in [0.2, 0.25) is 5.02 Å². The number of rotatable bonds is 9.